The first kappa shape index (κ1) is 21.6. The smallest absolute Gasteiger partial charge is 0.261 e. The lowest BCUT2D eigenvalue weighted by atomic mass is 10.1. The van der Waals surface area contributed by atoms with Crippen LogP contribution in [-0.2, 0) is 4.79 Å². The van der Waals surface area contributed by atoms with E-state index in [2.05, 4.69) is 15.5 Å². The van der Waals surface area contributed by atoms with Crippen molar-refractivity contribution in [3.63, 3.8) is 0 Å². The molecule has 3 aromatic rings. The van der Waals surface area contributed by atoms with E-state index in [-0.39, 0.29) is 17.7 Å². The number of aromatic nitrogens is 2. The summed E-state index contributed by atoms with van der Waals surface area (Å²) in [5.74, 6) is 0.111. The molecule has 2 amide bonds. The predicted molar refractivity (Wildman–Crippen MR) is 124 cm³/mol. The average Bonchev–Trinajstić information content (AvgIpc) is 3.40. The highest BCUT2D eigenvalue weighted by atomic mass is 35.5. The van der Waals surface area contributed by atoms with E-state index in [4.69, 9.17) is 16.3 Å². The molecule has 7 nitrogen and oxygen atoms in total. The van der Waals surface area contributed by atoms with Gasteiger partial charge in [-0.3, -0.25) is 14.9 Å². The molecule has 1 atom stereocenters. The molecule has 0 spiro atoms. The minimum absolute atomic E-state index is 0.0201. The summed E-state index contributed by atoms with van der Waals surface area (Å²) >= 11 is 8.78. The Morgan fingerprint density at radius 2 is 2.03 bits per heavy atom. The van der Waals surface area contributed by atoms with Crippen molar-refractivity contribution >= 4 is 57.3 Å². The number of carbonyl (C=O) groups excluding carboxylic acids is 2. The summed E-state index contributed by atoms with van der Waals surface area (Å²) in [7, 11) is 1.53. The molecule has 0 radical (unpaired) electrons. The topological polar surface area (TPSA) is 84.4 Å². The van der Waals surface area contributed by atoms with Crippen molar-refractivity contribution in [2.45, 2.75) is 17.2 Å². The van der Waals surface area contributed by atoms with Crippen molar-refractivity contribution in [1.29, 1.82) is 0 Å². The average molecular weight is 475 g/mol. The number of halogens is 1. The minimum atomic E-state index is -0.322. The Hall–Kier alpha value is -2.62. The van der Waals surface area contributed by atoms with Crippen LogP contribution in [0.2, 0.25) is 5.02 Å². The zero-order valence-corrected chi connectivity index (χ0v) is 19.2. The molecule has 0 unspecified atom stereocenters. The van der Waals surface area contributed by atoms with Crippen molar-refractivity contribution in [2.24, 2.45) is 0 Å². The molecule has 0 bridgehead atoms. The molecule has 1 N–H and O–H groups in total. The normalized spacial score (nSPS) is 15.9. The number of methoxy groups -OCH3 is 1. The monoisotopic (exact) mass is 474 g/mol. The zero-order valence-electron chi connectivity index (χ0n) is 16.8. The van der Waals surface area contributed by atoms with Gasteiger partial charge in [-0.25, -0.2) is 0 Å². The molecular weight excluding hydrogens is 456 g/mol. The highest BCUT2D eigenvalue weighted by Crippen LogP contribution is 2.35. The van der Waals surface area contributed by atoms with Crippen molar-refractivity contribution < 1.29 is 14.3 Å². The molecule has 0 saturated carbocycles. The number of amides is 2. The van der Waals surface area contributed by atoms with Crippen LogP contribution in [-0.4, -0.2) is 41.9 Å². The van der Waals surface area contributed by atoms with Crippen LogP contribution in [0.5, 0.6) is 5.75 Å². The van der Waals surface area contributed by atoms with Crippen molar-refractivity contribution in [3.05, 3.63) is 58.1 Å². The molecule has 31 heavy (non-hydrogen) atoms. The summed E-state index contributed by atoms with van der Waals surface area (Å²) in [5.41, 5.74) is 1.22. The number of hydrogen-bond acceptors (Lipinski definition) is 7. The molecule has 1 aliphatic rings. The van der Waals surface area contributed by atoms with Crippen LogP contribution >= 0.6 is 34.7 Å². The highest BCUT2D eigenvalue weighted by Gasteiger charge is 2.34. The molecule has 0 aliphatic carbocycles. The zero-order chi connectivity index (χ0) is 22.0. The third-order valence-electron chi connectivity index (χ3n) is 4.93. The van der Waals surface area contributed by atoms with Gasteiger partial charge in [-0.2, -0.15) is 0 Å². The number of nitrogens with zero attached hydrogens (tertiary/aromatic N) is 3. The Morgan fingerprint density at radius 1 is 1.26 bits per heavy atom. The Morgan fingerprint density at radius 3 is 2.74 bits per heavy atom. The van der Waals surface area contributed by atoms with Gasteiger partial charge in [0.05, 0.1) is 12.7 Å². The number of benzene rings is 2. The predicted octanol–water partition coefficient (Wildman–Crippen LogP) is 4.69. The maximum atomic E-state index is 12.7. The van der Waals surface area contributed by atoms with E-state index < -0.39 is 0 Å². The lowest BCUT2D eigenvalue weighted by molar-refractivity contribution is -0.117. The Balaban J connectivity index is 1.46. The molecule has 2 heterocycles. The summed E-state index contributed by atoms with van der Waals surface area (Å²) in [6.07, 6.45) is 2.30. The molecule has 1 saturated heterocycles. The van der Waals surface area contributed by atoms with Crippen LogP contribution in [0.1, 0.15) is 27.7 Å². The van der Waals surface area contributed by atoms with Crippen molar-refractivity contribution in [1.82, 2.24) is 10.2 Å². The Labute approximate surface area is 192 Å². The van der Waals surface area contributed by atoms with Crippen LogP contribution in [0.25, 0.3) is 0 Å². The minimum Gasteiger partial charge on any atom is -0.496 e. The molecule has 10 heteroatoms. The second-order valence-corrected chi connectivity index (χ2v) is 9.17. The summed E-state index contributed by atoms with van der Waals surface area (Å²) in [4.78, 5) is 27.9. The number of ether oxygens (including phenoxy) is 1. The summed E-state index contributed by atoms with van der Waals surface area (Å²) in [6.45, 7) is 0.507. The maximum Gasteiger partial charge on any atom is 0.261 e. The van der Waals surface area contributed by atoms with Crippen molar-refractivity contribution in [2.75, 3.05) is 30.1 Å². The third-order valence-corrected chi connectivity index (χ3v) is 6.91. The van der Waals surface area contributed by atoms with Crippen LogP contribution < -0.4 is 15.0 Å². The largest absolute Gasteiger partial charge is 0.496 e. The van der Waals surface area contributed by atoms with Gasteiger partial charge in [0.1, 0.15) is 10.8 Å². The first-order valence-corrected chi connectivity index (χ1v) is 11.8. The molecule has 1 fully saturated rings. The van der Waals surface area contributed by atoms with Gasteiger partial charge in [0, 0.05) is 34.5 Å². The second-order valence-electron chi connectivity index (χ2n) is 6.85. The van der Waals surface area contributed by atoms with Gasteiger partial charge in [0.2, 0.25) is 11.0 Å². The van der Waals surface area contributed by atoms with Crippen LogP contribution in [0.4, 0.5) is 10.8 Å². The molecule has 1 aromatic heterocycles. The fourth-order valence-electron chi connectivity index (χ4n) is 3.34. The number of thioether (sulfide) groups is 1. The van der Waals surface area contributed by atoms with Gasteiger partial charge in [-0.1, -0.05) is 22.9 Å². The highest BCUT2D eigenvalue weighted by molar-refractivity contribution is 7.98. The first-order valence-electron chi connectivity index (χ1n) is 9.41. The lowest BCUT2D eigenvalue weighted by Gasteiger charge is -2.16. The van der Waals surface area contributed by atoms with Crippen LogP contribution in [0.15, 0.2) is 47.4 Å². The van der Waals surface area contributed by atoms with E-state index in [9.17, 15) is 9.59 Å². The number of rotatable bonds is 6. The van der Waals surface area contributed by atoms with Gasteiger partial charge < -0.3 is 9.64 Å². The van der Waals surface area contributed by atoms with Gasteiger partial charge in [0.25, 0.3) is 5.91 Å². The summed E-state index contributed by atoms with van der Waals surface area (Å²) < 4.78 is 5.35. The Bertz CT molecular complexity index is 1120. The summed E-state index contributed by atoms with van der Waals surface area (Å²) in [6, 6.07) is 12.6. The summed E-state index contributed by atoms with van der Waals surface area (Å²) in [5, 5.41) is 12.8. The number of carbonyl (C=O) groups is 2. The van der Waals surface area contributed by atoms with E-state index in [1.54, 1.807) is 34.9 Å². The lowest BCUT2D eigenvalue weighted by Crippen LogP contribution is -2.24. The molecule has 4 rings (SSSR count). The third kappa shape index (κ3) is 4.68. The fourth-order valence-corrected chi connectivity index (χ4v) is 4.73. The van der Waals surface area contributed by atoms with E-state index in [0.717, 1.165) is 10.6 Å². The van der Waals surface area contributed by atoms with Gasteiger partial charge >= 0.3 is 0 Å². The van der Waals surface area contributed by atoms with E-state index >= 15 is 0 Å². The Kier molecular flexibility index (Phi) is 6.45. The van der Waals surface area contributed by atoms with Crippen molar-refractivity contribution in [3.8, 4) is 5.75 Å². The van der Waals surface area contributed by atoms with Crippen LogP contribution in [0, 0.1) is 0 Å². The number of hydrogen-bond donors (Lipinski definition) is 1. The molecular formula is C21H19ClN4O3S2. The van der Waals surface area contributed by atoms with Gasteiger partial charge in [-0.15, -0.1) is 22.0 Å². The van der Waals surface area contributed by atoms with E-state index in [1.807, 2.05) is 30.5 Å². The van der Waals surface area contributed by atoms with E-state index in [0.29, 0.717) is 39.4 Å². The quantitative estimate of drug-likeness (QED) is 0.521. The maximum absolute atomic E-state index is 12.7. The fraction of sp³-hybridized carbons (Fsp3) is 0.238. The van der Waals surface area contributed by atoms with Gasteiger partial charge in [-0.05, 0) is 48.7 Å². The van der Waals surface area contributed by atoms with Crippen LogP contribution in [0.3, 0.4) is 0 Å². The second kappa shape index (κ2) is 9.25. The number of anilines is 2. The SMILES string of the molecule is COc1cc(SC)ccc1C(=O)Nc1nnc([C@@H]2CC(=O)N(c3ccc(Cl)cc3)C2)s1. The molecule has 1 aliphatic heterocycles. The van der Waals surface area contributed by atoms with Gasteiger partial charge in [0.15, 0.2) is 0 Å². The first-order chi connectivity index (χ1) is 15.0. The molecule has 160 valence electrons. The number of nitrogens with one attached hydrogen (secondary N) is 1. The van der Waals surface area contributed by atoms with E-state index in [1.165, 1.54) is 18.4 Å². The standard InChI is InChI=1S/C21H19ClN4O3S2/c1-29-17-10-15(30-2)7-8-16(17)19(28)23-21-25-24-20(31-21)12-9-18(27)26(11-12)14-5-3-13(22)4-6-14/h3-8,10,12H,9,11H2,1-2H3,(H,23,25,28)/t12-/m1/s1. The molecule has 2 aromatic carbocycles.